The second-order valence-electron chi connectivity index (χ2n) is 4.07. The molecule has 1 saturated heterocycles. The summed E-state index contributed by atoms with van der Waals surface area (Å²) < 4.78 is 0. The molecule has 1 aliphatic heterocycles. The van der Waals surface area contributed by atoms with Gasteiger partial charge in [-0.2, -0.15) is 0 Å². The number of aromatic nitrogens is 1. The van der Waals surface area contributed by atoms with Crippen LogP contribution in [0.15, 0.2) is 11.6 Å². The lowest BCUT2D eigenvalue weighted by atomic mass is 10.4. The highest BCUT2D eigenvalue weighted by Gasteiger charge is 2.19. The van der Waals surface area contributed by atoms with Crippen molar-refractivity contribution in [3.05, 3.63) is 11.6 Å². The van der Waals surface area contributed by atoms with E-state index in [2.05, 4.69) is 15.2 Å². The summed E-state index contributed by atoms with van der Waals surface area (Å²) in [6.07, 6.45) is 2.84. The highest BCUT2D eigenvalue weighted by atomic mass is 32.1. The smallest absolute Gasteiger partial charge is 0.236 e. The van der Waals surface area contributed by atoms with E-state index in [4.69, 9.17) is 0 Å². The molecule has 0 atom stereocenters. The third-order valence-corrected chi connectivity index (χ3v) is 3.70. The Labute approximate surface area is 105 Å². The normalized spacial score (nSPS) is 17.0. The molecule has 1 fully saturated rings. The molecule has 0 aromatic carbocycles. The van der Waals surface area contributed by atoms with E-state index in [0.29, 0.717) is 6.54 Å². The molecule has 2 rings (SSSR count). The van der Waals surface area contributed by atoms with E-state index < -0.39 is 0 Å². The predicted molar refractivity (Wildman–Crippen MR) is 69.5 cm³/mol. The summed E-state index contributed by atoms with van der Waals surface area (Å²) in [5, 5.41) is 5.96. The molecule has 0 bridgehead atoms. The van der Waals surface area contributed by atoms with Crippen molar-refractivity contribution in [2.45, 2.75) is 6.42 Å². The average Bonchev–Trinajstić information content (AvgIpc) is 2.74. The van der Waals surface area contributed by atoms with E-state index in [1.807, 2.05) is 16.5 Å². The number of carbonyl (C=O) groups is 1. The molecule has 1 aromatic rings. The SMILES string of the molecule is CNCC(=O)N1CCCN(c2nccs2)CC1. The number of nitrogens with zero attached hydrogens (tertiary/aromatic N) is 3. The number of hydrogen-bond acceptors (Lipinski definition) is 5. The van der Waals surface area contributed by atoms with Crippen LogP contribution in [0.1, 0.15) is 6.42 Å². The van der Waals surface area contributed by atoms with Gasteiger partial charge in [0, 0.05) is 37.8 Å². The van der Waals surface area contributed by atoms with Gasteiger partial charge in [-0.1, -0.05) is 0 Å². The predicted octanol–water partition coefficient (Wildman–Crippen LogP) is 0.401. The van der Waals surface area contributed by atoms with Gasteiger partial charge in [-0.15, -0.1) is 11.3 Å². The maximum Gasteiger partial charge on any atom is 0.236 e. The minimum Gasteiger partial charge on any atom is -0.346 e. The van der Waals surface area contributed by atoms with E-state index in [-0.39, 0.29) is 5.91 Å². The number of carbonyl (C=O) groups excluding carboxylic acids is 1. The van der Waals surface area contributed by atoms with Gasteiger partial charge in [0.05, 0.1) is 6.54 Å². The summed E-state index contributed by atoms with van der Waals surface area (Å²) in [6, 6.07) is 0. The van der Waals surface area contributed by atoms with Crippen LogP contribution >= 0.6 is 11.3 Å². The quantitative estimate of drug-likeness (QED) is 0.848. The first-order chi connectivity index (χ1) is 8.31. The Balaban J connectivity index is 1.91. The summed E-state index contributed by atoms with van der Waals surface area (Å²) in [6.45, 7) is 3.93. The fourth-order valence-electron chi connectivity index (χ4n) is 1.99. The summed E-state index contributed by atoms with van der Waals surface area (Å²) in [5.41, 5.74) is 0. The van der Waals surface area contributed by atoms with Crippen LogP contribution in [-0.2, 0) is 4.79 Å². The lowest BCUT2D eigenvalue weighted by molar-refractivity contribution is -0.129. The van der Waals surface area contributed by atoms with Gasteiger partial charge in [0.15, 0.2) is 5.13 Å². The molecule has 1 aliphatic rings. The second-order valence-corrected chi connectivity index (χ2v) is 4.94. The zero-order chi connectivity index (χ0) is 12.1. The minimum atomic E-state index is 0.188. The van der Waals surface area contributed by atoms with Gasteiger partial charge in [0.2, 0.25) is 5.91 Å². The Morgan fingerprint density at radius 3 is 3.06 bits per heavy atom. The maximum absolute atomic E-state index is 11.8. The topological polar surface area (TPSA) is 48.5 Å². The Hall–Kier alpha value is -1.14. The summed E-state index contributed by atoms with van der Waals surface area (Å²) in [4.78, 5) is 20.3. The number of amides is 1. The number of thiazole rings is 1. The van der Waals surface area contributed by atoms with E-state index in [0.717, 1.165) is 37.7 Å². The maximum atomic E-state index is 11.8. The van der Waals surface area contributed by atoms with E-state index >= 15 is 0 Å². The lowest BCUT2D eigenvalue weighted by Crippen LogP contribution is -2.39. The van der Waals surface area contributed by atoms with Crippen LogP contribution in [0.3, 0.4) is 0 Å². The number of anilines is 1. The first-order valence-electron chi connectivity index (χ1n) is 5.88. The van der Waals surface area contributed by atoms with Crippen molar-refractivity contribution in [3.63, 3.8) is 0 Å². The van der Waals surface area contributed by atoms with Gasteiger partial charge in [-0.05, 0) is 13.5 Å². The Bertz CT molecular complexity index is 354. The molecule has 1 amide bonds. The van der Waals surface area contributed by atoms with Gasteiger partial charge in [0.1, 0.15) is 0 Å². The fraction of sp³-hybridized carbons (Fsp3) is 0.636. The standard InChI is InChI=1S/C11H18N4OS/c1-12-9-10(16)14-4-2-5-15(7-6-14)11-13-3-8-17-11/h3,8,12H,2,4-7,9H2,1H3. The van der Waals surface area contributed by atoms with Crippen LogP contribution in [-0.4, -0.2) is 55.6 Å². The van der Waals surface area contributed by atoms with Gasteiger partial charge >= 0.3 is 0 Å². The highest BCUT2D eigenvalue weighted by molar-refractivity contribution is 7.13. The van der Waals surface area contributed by atoms with Gasteiger partial charge in [-0.25, -0.2) is 4.98 Å². The van der Waals surface area contributed by atoms with Crippen molar-refractivity contribution in [2.24, 2.45) is 0 Å². The van der Waals surface area contributed by atoms with Crippen molar-refractivity contribution in [2.75, 3.05) is 44.7 Å². The molecular formula is C11H18N4OS. The number of nitrogens with one attached hydrogen (secondary N) is 1. The molecule has 0 aliphatic carbocycles. The van der Waals surface area contributed by atoms with Crippen LogP contribution in [0.2, 0.25) is 0 Å². The van der Waals surface area contributed by atoms with Gasteiger partial charge in [-0.3, -0.25) is 4.79 Å². The molecule has 17 heavy (non-hydrogen) atoms. The van der Waals surface area contributed by atoms with Crippen molar-refractivity contribution >= 4 is 22.4 Å². The number of likely N-dealkylation sites (N-methyl/N-ethyl adjacent to an activating group) is 1. The van der Waals surface area contributed by atoms with Crippen LogP contribution < -0.4 is 10.2 Å². The molecule has 5 nitrogen and oxygen atoms in total. The molecular weight excluding hydrogens is 236 g/mol. The highest BCUT2D eigenvalue weighted by Crippen LogP contribution is 2.18. The third kappa shape index (κ3) is 3.17. The first-order valence-corrected chi connectivity index (χ1v) is 6.76. The molecule has 0 spiro atoms. The monoisotopic (exact) mass is 254 g/mol. The summed E-state index contributed by atoms with van der Waals surface area (Å²) >= 11 is 1.66. The molecule has 1 aromatic heterocycles. The molecule has 2 heterocycles. The van der Waals surface area contributed by atoms with Crippen LogP contribution in [0.5, 0.6) is 0 Å². The molecule has 1 N–H and O–H groups in total. The first kappa shape index (κ1) is 12.3. The van der Waals surface area contributed by atoms with Gasteiger partial charge in [0.25, 0.3) is 0 Å². The van der Waals surface area contributed by atoms with Crippen LogP contribution in [0, 0.1) is 0 Å². The van der Waals surface area contributed by atoms with E-state index in [9.17, 15) is 4.79 Å². The molecule has 0 unspecified atom stereocenters. The Morgan fingerprint density at radius 1 is 1.47 bits per heavy atom. The van der Waals surface area contributed by atoms with Crippen molar-refractivity contribution in [1.29, 1.82) is 0 Å². The number of hydrogen-bond donors (Lipinski definition) is 1. The van der Waals surface area contributed by atoms with E-state index in [1.54, 1.807) is 18.4 Å². The lowest BCUT2D eigenvalue weighted by Gasteiger charge is -2.21. The third-order valence-electron chi connectivity index (χ3n) is 2.87. The zero-order valence-electron chi connectivity index (χ0n) is 10.1. The van der Waals surface area contributed by atoms with Crippen molar-refractivity contribution in [3.8, 4) is 0 Å². The molecule has 0 saturated carbocycles. The average molecular weight is 254 g/mol. The largest absolute Gasteiger partial charge is 0.346 e. The number of rotatable bonds is 3. The molecule has 0 radical (unpaired) electrons. The summed E-state index contributed by atoms with van der Waals surface area (Å²) in [5.74, 6) is 0.188. The van der Waals surface area contributed by atoms with Crippen LogP contribution in [0.25, 0.3) is 0 Å². The van der Waals surface area contributed by atoms with Crippen molar-refractivity contribution in [1.82, 2.24) is 15.2 Å². The van der Waals surface area contributed by atoms with E-state index in [1.165, 1.54) is 0 Å². The second kappa shape index (κ2) is 5.97. The van der Waals surface area contributed by atoms with Gasteiger partial charge < -0.3 is 15.1 Å². The minimum absolute atomic E-state index is 0.188. The Kier molecular flexibility index (Phi) is 4.33. The molecule has 6 heteroatoms. The summed E-state index contributed by atoms with van der Waals surface area (Å²) in [7, 11) is 1.80. The Morgan fingerprint density at radius 2 is 2.35 bits per heavy atom. The van der Waals surface area contributed by atoms with Crippen molar-refractivity contribution < 1.29 is 4.79 Å². The molecule has 94 valence electrons. The zero-order valence-corrected chi connectivity index (χ0v) is 10.9. The fourth-order valence-corrected chi connectivity index (χ4v) is 2.69. The van der Waals surface area contributed by atoms with Crippen LogP contribution in [0.4, 0.5) is 5.13 Å².